The lowest BCUT2D eigenvalue weighted by molar-refractivity contribution is -0.137. The number of nitrogens with zero attached hydrogens (tertiary/aromatic N) is 3. The van der Waals surface area contributed by atoms with Gasteiger partial charge in [-0.05, 0) is 47.9 Å². The van der Waals surface area contributed by atoms with Crippen LogP contribution in [0.3, 0.4) is 0 Å². The van der Waals surface area contributed by atoms with Gasteiger partial charge in [0, 0.05) is 36.4 Å². The molecule has 0 bridgehead atoms. The van der Waals surface area contributed by atoms with Gasteiger partial charge in [0.2, 0.25) is 0 Å². The molecule has 202 valence electrons. The molecule has 0 spiro atoms. The Balaban J connectivity index is 1.71. The third-order valence-corrected chi connectivity index (χ3v) is 5.95. The molecule has 0 fully saturated rings. The van der Waals surface area contributed by atoms with Crippen molar-refractivity contribution in [2.24, 2.45) is 5.73 Å². The van der Waals surface area contributed by atoms with E-state index in [0.717, 1.165) is 22.9 Å². The molecule has 6 nitrogen and oxygen atoms in total. The molecule has 2 aromatic heterocycles. The lowest BCUT2D eigenvalue weighted by Crippen LogP contribution is -2.17. The maximum Gasteiger partial charge on any atom is 0.419 e. The lowest BCUT2D eigenvalue weighted by Gasteiger charge is -2.20. The summed E-state index contributed by atoms with van der Waals surface area (Å²) in [6.45, 7) is -0.491. The Morgan fingerprint density at radius 1 is 1.00 bits per heavy atom. The topological polar surface area (TPSA) is 90.9 Å². The van der Waals surface area contributed by atoms with E-state index >= 15 is 0 Å². The van der Waals surface area contributed by atoms with Crippen molar-refractivity contribution >= 4 is 11.7 Å². The number of halogens is 6. The number of primary amides is 1. The molecule has 0 aliphatic heterocycles. The molecule has 2 N–H and O–H groups in total. The molecule has 0 saturated heterocycles. The minimum Gasteiger partial charge on any atom is -0.366 e. The Morgan fingerprint density at radius 2 is 1.72 bits per heavy atom. The summed E-state index contributed by atoms with van der Waals surface area (Å²) in [6.07, 6.45) is -2.27. The van der Waals surface area contributed by atoms with Crippen LogP contribution >= 0.6 is 0 Å². The van der Waals surface area contributed by atoms with E-state index in [1.165, 1.54) is 18.3 Å². The fourth-order valence-corrected chi connectivity index (χ4v) is 4.26. The van der Waals surface area contributed by atoms with Crippen LogP contribution in [0.4, 0.5) is 26.3 Å². The highest BCUT2D eigenvalue weighted by Crippen LogP contribution is 2.34. The molecule has 0 aliphatic rings. The van der Waals surface area contributed by atoms with Crippen LogP contribution in [0.1, 0.15) is 39.5 Å². The predicted octanol–water partition coefficient (Wildman–Crippen LogP) is 5.47. The van der Waals surface area contributed by atoms with Crippen molar-refractivity contribution in [3.05, 3.63) is 107 Å². The zero-order valence-corrected chi connectivity index (χ0v) is 20.1. The SMILES string of the molecule is NC(=O)c1cc(-c2cccnc2[C@@H](CC(=O)Cn2cc(C(F)(F)F)cn2)Cc2cc(F)cc(F)c2)ccc1F. The smallest absolute Gasteiger partial charge is 0.366 e. The Hall–Kier alpha value is -4.48. The number of alkyl halides is 3. The van der Waals surface area contributed by atoms with Gasteiger partial charge in [-0.15, -0.1) is 0 Å². The zero-order chi connectivity index (χ0) is 28.3. The van der Waals surface area contributed by atoms with Crippen molar-refractivity contribution in [3.63, 3.8) is 0 Å². The molecule has 2 heterocycles. The minimum atomic E-state index is -4.63. The Morgan fingerprint density at radius 3 is 2.36 bits per heavy atom. The fraction of sp³-hybridized carbons (Fsp3) is 0.185. The number of hydrogen-bond donors (Lipinski definition) is 1. The number of carbonyl (C=O) groups excluding carboxylic acids is 2. The lowest BCUT2D eigenvalue weighted by atomic mass is 9.86. The van der Waals surface area contributed by atoms with E-state index in [-0.39, 0.29) is 29.7 Å². The second kappa shape index (κ2) is 11.1. The van der Waals surface area contributed by atoms with Crippen LogP contribution in [-0.2, 0) is 23.9 Å². The zero-order valence-electron chi connectivity index (χ0n) is 20.1. The molecule has 2 aromatic carbocycles. The number of aromatic nitrogens is 3. The summed E-state index contributed by atoms with van der Waals surface area (Å²) in [6, 6.07) is 9.69. The molecule has 0 radical (unpaired) electrons. The summed E-state index contributed by atoms with van der Waals surface area (Å²) in [5, 5.41) is 3.59. The first-order chi connectivity index (χ1) is 18.4. The van der Waals surface area contributed by atoms with Crippen molar-refractivity contribution < 1.29 is 35.9 Å². The van der Waals surface area contributed by atoms with E-state index in [0.29, 0.717) is 29.6 Å². The van der Waals surface area contributed by atoms with Crippen LogP contribution in [0.2, 0.25) is 0 Å². The molecule has 12 heteroatoms. The van der Waals surface area contributed by atoms with Crippen LogP contribution in [0.15, 0.2) is 67.1 Å². The van der Waals surface area contributed by atoms with Gasteiger partial charge in [-0.3, -0.25) is 19.3 Å². The van der Waals surface area contributed by atoms with Gasteiger partial charge in [-0.25, -0.2) is 13.2 Å². The first kappa shape index (κ1) is 27.6. The van der Waals surface area contributed by atoms with Gasteiger partial charge in [0.05, 0.1) is 29.6 Å². The van der Waals surface area contributed by atoms with Crippen molar-refractivity contribution in [2.45, 2.75) is 31.5 Å². The normalized spacial score (nSPS) is 12.4. The third-order valence-electron chi connectivity index (χ3n) is 5.95. The van der Waals surface area contributed by atoms with Crippen LogP contribution in [0.5, 0.6) is 0 Å². The van der Waals surface area contributed by atoms with E-state index in [9.17, 15) is 35.9 Å². The van der Waals surface area contributed by atoms with Gasteiger partial charge in [0.1, 0.15) is 17.5 Å². The summed E-state index contributed by atoms with van der Waals surface area (Å²) >= 11 is 0. The van der Waals surface area contributed by atoms with Crippen molar-refractivity contribution in [1.82, 2.24) is 14.8 Å². The second-order valence-electron chi connectivity index (χ2n) is 8.84. The molecule has 0 saturated carbocycles. The Bertz CT molecular complexity index is 1510. The number of Topliss-reactive ketones (excluding diaryl/α,β-unsaturated/α-hetero) is 1. The monoisotopic (exact) mass is 546 g/mol. The summed E-state index contributed by atoms with van der Waals surface area (Å²) in [5.41, 5.74) is 5.11. The molecule has 0 aliphatic carbocycles. The summed E-state index contributed by atoms with van der Waals surface area (Å²) in [4.78, 5) is 29.0. The number of benzene rings is 2. The van der Waals surface area contributed by atoms with Crippen LogP contribution in [-0.4, -0.2) is 26.5 Å². The number of carbonyl (C=O) groups is 2. The molecular formula is C27H20F6N4O2. The molecule has 39 heavy (non-hydrogen) atoms. The molecule has 4 aromatic rings. The third kappa shape index (κ3) is 6.70. The van der Waals surface area contributed by atoms with E-state index in [1.54, 1.807) is 12.1 Å². The molecule has 4 rings (SSSR count). The summed E-state index contributed by atoms with van der Waals surface area (Å²) < 4.78 is 81.6. The van der Waals surface area contributed by atoms with Crippen LogP contribution in [0.25, 0.3) is 11.1 Å². The number of rotatable bonds is 9. The average Bonchev–Trinajstić information content (AvgIpc) is 3.32. The predicted molar refractivity (Wildman–Crippen MR) is 128 cm³/mol. The van der Waals surface area contributed by atoms with Crippen molar-refractivity contribution in [2.75, 3.05) is 0 Å². The van der Waals surface area contributed by atoms with Crippen molar-refractivity contribution in [1.29, 1.82) is 0 Å². The van der Waals surface area contributed by atoms with Crippen LogP contribution in [0, 0.1) is 17.5 Å². The van der Waals surface area contributed by atoms with E-state index < -0.39 is 53.3 Å². The maximum absolute atomic E-state index is 14.1. The first-order valence-corrected chi connectivity index (χ1v) is 11.5. The summed E-state index contributed by atoms with van der Waals surface area (Å²) in [7, 11) is 0. The number of ketones is 1. The first-order valence-electron chi connectivity index (χ1n) is 11.5. The molecule has 1 atom stereocenters. The van der Waals surface area contributed by atoms with E-state index in [4.69, 9.17) is 5.73 Å². The Kier molecular flexibility index (Phi) is 7.84. The maximum atomic E-state index is 14.1. The van der Waals surface area contributed by atoms with Crippen LogP contribution < -0.4 is 5.73 Å². The molecule has 1 amide bonds. The van der Waals surface area contributed by atoms with Gasteiger partial charge < -0.3 is 5.73 Å². The number of amides is 1. The van der Waals surface area contributed by atoms with Gasteiger partial charge in [0.25, 0.3) is 5.91 Å². The van der Waals surface area contributed by atoms with Gasteiger partial charge in [-0.1, -0.05) is 12.1 Å². The quantitative estimate of drug-likeness (QED) is 0.282. The molecular weight excluding hydrogens is 526 g/mol. The summed E-state index contributed by atoms with van der Waals surface area (Å²) in [5.74, 6) is -4.85. The van der Waals surface area contributed by atoms with Gasteiger partial charge in [-0.2, -0.15) is 18.3 Å². The minimum absolute atomic E-state index is 0.0682. The highest BCUT2D eigenvalue weighted by atomic mass is 19.4. The standard InChI is InChI=1S/C27H20F6N4O2/c28-19-7-15(8-20(29)11-19)6-17(9-21(38)14-37-13-18(12-36-37)27(31,32)33)25-22(2-1-5-35-25)16-3-4-24(30)23(10-16)26(34)39/h1-5,7-8,10-13,17H,6,9,14H2,(H2,34,39)/t17-/m1/s1. The highest BCUT2D eigenvalue weighted by molar-refractivity contribution is 5.94. The van der Waals surface area contributed by atoms with E-state index in [2.05, 4.69) is 10.1 Å². The number of hydrogen-bond acceptors (Lipinski definition) is 4. The van der Waals surface area contributed by atoms with Gasteiger partial charge >= 0.3 is 6.18 Å². The fourth-order valence-electron chi connectivity index (χ4n) is 4.26. The van der Waals surface area contributed by atoms with Gasteiger partial charge in [0.15, 0.2) is 5.78 Å². The van der Waals surface area contributed by atoms with E-state index in [1.807, 2.05) is 0 Å². The van der Waals surface area contributed by atoms with Crippen molar-refractivity contribution in [3.8, 4) is 11.1 Å². The number of pyridine rings is 1. The Labute approximate surface area is 218 Å². The second-order valence-corrected chi connectivity index (χ2v) is 8.84. The molecule has 0 unspecified atom stereocenters. The average molecular weight is 546 g/mol. The largest absolute Gasteiger partial charge is 0.419 e. The number of nitrogens with two attached hydrogens (primary N) is 1. The highest BCUT2D eigenvalue weighted by Gasteiger charge is 2.32.